The molecule has 0 amide bonds. The number of hydrogen-bond donors (Lipinski definition) is 1. The molecule has 110 valence electrons. The third-order valence-electron chi connectivity index (χ3n) is 3.75. The summed E-state index contributed by atoms with van der Waals surface area (Å²) in [5.74, 6) is 0.942. The fourth-order valence-corrected chi connectivity index (χ4v) is 2.61. The Morgan fingerprint density at radius 2 is 1.68 bits per heavy atom. The van der Waals surface area contributed by atoms with E-state index in [-0.39, 0.29) is 0 Å². The highest BCUT2D eigenvalue weighted by Gasteiger charge is 2.15. The highest BCUT2D eigenvalue weighted by molar-refractivity contribution is 5.24. The molecule has 0 fully saturated rings. The van der Waals surface area contributed by atoms with Gasteiger partial charge >= 0.3 is 0 Å². The summed E-state index contributed by atoms with van der Waals surface area (Å²) in [5, 5.41) is 7.58. The SMILES string of the molecule is CCCCCCCCCNC(C)c1c(C)noc1C. The van der Waals surface area contributed by atoms with Crippen LogP contribution in [0.3, 0.4) is 0 Å². The van der Waals surface area contributed by atoms with Crippen LogP contribution in [0.2, 0.25) is 0 Å². The Balaban J connectivity index is 2.09. The van der Waals surface area contributed by atoms with Crippen LogP contribution in [-0.2, 0) is 0 Å². The molecule has 0 aliphatic carbocycles. The van der Waals surface area contributed by atoms with Crippen LogP contribution in [0, 0.1) is 13.8 Å². The molecule has 0 radical (unpaired) electrons. The van der Waals surface area contributed by atoms with Gasteiger partial charge in [0.15, 0.2) is 0 Å². The van der Waals surface area contributed by atoms with E-state index < -0.39 is 0 Å². The summed E-state index contributed by atoms with van der Waals surface area (Å²) in [6, 6.07) is 0.339. The average molecular weight is 266 g/mol. The van der Waals surface area contributed by atoms with E-state index in [1.54, 1.807) is 0 Å². The van der Waals surface area contributed by atoms with Crippen molar-refractivity contribution in [3.05, 3.63) is 17.0 Å². The minimum absolute atomic E-state index is 0.339. The van der Waals surface area contributed by atoms with Crippen molar-refractivity contribution in [2.75, 3.05) is 6.54 Å². The molecule has 0 aliphatic rings. The van der Waals surface area contributed by atoms with Gasteiger partial charge in [0.25, 0.3) is 0 Å². The second-order valence-electron chi connectivity index (χ2n) is 5.53. The fraction of sp³-hybridized carbons (Fsp3) is 0.812. The van der Waals surface area contributed by atoms with E-state index in [1.165, 1.54) is 50.5 Å². The zero-order valence-electron chi connectivity index (χ0n) is 13.1. The molecule has 3 nitrogen and oxygen atoms in total. The largest absolute Gasteiger partial charge is 0.361 e. The van der Waals surface area contributed by atoms with E-state index in [9.17, 15) is 0 Å². The van der Waals surface area contributed by atoms with Crippen LogP contribution in [0.4, 0.5) is 0 Å². The summed E-state index contributed by atoms with van der Waals surface area (Å²) in [5.41, 5.74) is 2.24. The lowest BCUT2D eigenvalue weighted by molar-refractivity contribution is 0.390. The van der Waals surface area contributed by atoms with Gasteiger partial charge in [-0.25, -0.2) is 0 Å². The van der Waals surface area contributed by atoms with Crippen LogP contribution in [0.5, 0.6) is 0 Å². The minimum Gasteiger partial charge on any atom is -0.361 e. The average Bonchev–Trinajstić information content (AvgIpc) is 2.72. The Labute approximate surface area is 118 Å². The first-order valence-electron chi connectivity index (χ1n) is 7.83. The number of aromatic nitrogens is 1. The van der Waals surface area contributed by atoms with Crippen molar-refractivity contribution < 1.29 is 4.52 Å². The third-order valence-corrected chi connectivity index (χ3v) is 3.75. The van der Waals surface area contributed by atoms with E-state index >= 15 is 0 Å². The molecule has 0 spiro atoms. The molecule has 1 heterocycles. The molecule has 1 aromatic rings. The normalized spacial score (nSPS) is 12.8. The van der Waals surface area contributed by atoms with Crippen molar-refractivity contribution in [1.82, 2.24) is 10.5 Å². The zero-order valence-corrected chi connectivity index (χ0v) is 13.1. The maximum atomic E-state index is 5.21. The first-order chi connectivity index (χ1) is 9.16. The van der Waals surface area contributed by atoms with E-state index in [4.69, 9.17) is 4.52 Å². The molecule has 0 aliphatic heterocycles. The van der Waals surface area contributed by atoms with Gasteiger partial charge in [-0.2, -0.15) is 0 Å². The molecule has 0 aromatic carbocycles. The smallest absolute Gasteiger partial charge is 0.138 e. The Hall–Kier alpha value is -0.830. The van der Waals surface area contributed by atoms with Gasteiger partial charge in [-0.15, -0.1) is 0 Å². The van der Waals surface area contributed by atoms with Crippen LogP contribution in [0.1, 0.15) is 81.9 Å². The zero-order chi connectivity index (χ0) is 14.1. The van der Waals surface area contributed by atoms with Gasteiger partial charge in [0, 0.05) is 11.6 Å². The van der Waals surface area contributed by atoms with Gasteiger partial charge in [-0.3, -0.25) is 0 Å². The number of aryl methyl sites for hydroxylation is 2. The summed E-state index contributed by atoms with van der Waals surface area (Å²) >= 11 is 0. The van der Waals surface area contributed by atoms with Crippen LogP contribution in [-0.4, -0.2) is 11.7 Å². The van der Waals surface area contributed by atoms with E-state index in [2.05, 4.69) is 24.3 Å². The molecule has 3 heteroatoms. The Morgan fingerprint density at radius 1 is 1.05 bits per heavy atom. The third kappa shape index (κ3) is 5.77. The van der Waals surface area contributed by atoms with Crippen molar-refractivity contribution in [3.63, 3.8) is 0 Å². The Morgan fingerprint density at radius 3 is 2.26 bits per heavy atom. The lowest BCUT2D eigenvalue weighted by Gasteiger charge is -2.13. The monoisotopic (exact) mass is 266 g/mol. The molecule has 0 saturated heterocycles. The van der Waals surface area contributed by atoms with Crippen LogP contribution < -0.4 is 5.32 Å². The minimum atomic E-state index is 0.339. The van der Waals surface area contributed by atoms with Crippen LogP contribution in [0.15, 0.2) is 4.52 Å². The highest BCUT2D eigenvalue weighted by atomic mass is 16.5. The van der Waals surface area contributed by atoms with Crippen molar-refractivity contribution in [3.8, 4) is 0 Å². The van der Waals surface area contributed by atoms with E-state index in [1.807, 2.05) is 13.8 Å². The van der Waals surface area contributed by atoms with Gasteiger partial charge < -0.3 is 9.84 Å². The van der Waals surface area contributed by atoms with Crippen LogP contribution >= 0.6 is 0 Å². The molecular formula is C16H30N2O. The molecule has 1 unspecified atom stereocenters. The second-order valence-corrected chi connectivity index (χ2v) is 5.53. The standard InChI is InChI=1S/C16H30N2O/c1-5-6-7-8-9-10-11-12-17-13(2)16-14(3)18-19-15(16)4/h13,17H,5-12H2,1-4H3. The van der Waals surface area contributed by atoms with Crippen molar-refractivity contribution in [1.29, 1.82) is 0 Å². The van der Waals surface area contributed by atoms with Gasteiger partial charge in [0.2, 0.25) is 0 Å². The molecule has 0 bridgehead atoms. The molecule has 19 heavy (non-hydrogen) atoms. The maximum absolute atomic E-state index is 5.21. The molecular weight excluding hydrogens is 236 g/mol. The lowest BCUT2D eigenvalue weighted by atomic mass is 10.1. The maximum Gasteiger partial charge on any atom is 0.138 e. The van der Waals surface area contributed by atoms with Gasteiger partial charge in [-0.05, 0) is 33.7 Å². The predicted molar refractivity (Wildman–Crippen MR) is 80.4 cm³/mol. The second kappa shape index (κ2) is 9.13. The number of rotatable bonds is 10. The number of unbranched alkanes of at least 4 members (excludes halogenated alkanes) is 6. The molecule has 1 atom stereocenters. The summed E-state index contributed by atoms with van der Waals surface area (Å²) in [6.45, 7) is 9.53. The van der Waals surface area contributed by atoms with Crippen LogP contribution in [0.25, 0.3) is 0 Å². The summed E-state index contributed by atoms with van der Waals surface area (Å²) < 4.78 is 5.21. The quantitative estimate of drug-likeness (QED) is 0.624. The van der Waals surface area contributed by atoms with Crippen molar-refractivity contribution >= 4 is 0 Å². The highest BCUT2D eigenvalue weighted by Crippen LogP contribution is 2.20. The topological polar surface area (TPSA) is 38.1 Å². The van der Waals surface area contributed by atoms with Gasteiger partial charge in [0.1, 0.15) is 5.76 Å². The fourth-order valence-electron chi connectivity index (χ4n) is 2.61. The number of nitrogens with zero attached hydrogens (tertiary/aromatic N) is 1. The van der Waals surface area contributed by atoms with Gasteiger partial charge in [0.05, 0.1) is 5.69 Å². The first kappa shape index (κ1) is 16.2. The Kier molecular flexibility index (Phi) is 7.80. The first-order valence-corrected chi connectivity index (χ1v) is 7.83. The van der Waals surface area contributed by atoms with Crippen molar-refractivity contribution in [2.45, 2.75) is 78.7 Å². The summed E-state index contributed by atoms with van der Waals surface area (Å²) in [4.78, 5) is 0. The lowest BCUT2D eigenvalue weighted by Crippen LogP contribution is -2.20. The van der Waals surface area contributed by atoms with E-state index in [0.29, 0.717) is 6.04 Å². The number of hydrogen-bond acceptors (Lipinski definition) is 3. The van der Waals surface area contributed by atoms with Gasteiger partial charge in [-0.1, -0.05) is 50.6 Å². The summed E-state index contributed by atoms with van der Waals surface area (Å²) in [7, 11) is 0. The summed E-state index contributed by atoms with van der Waals surface area (Å²) in [6.07, 6.45) is 9.50. The molecule has 1 aromatic heterocycles. The van der Waals surface area contributed by atoms with Crippen molar-refractivity contribution in [2.24, 2.45) is 0 Å². The van der Waals surface area contributed by atoms with E-state index in [0.717, 1.165) is 18.0 Å². The molecule has 1 N–H and O–H groups in total. The predicted octanol–water partition coefficient (Wildman–Crippen LogP) is 4.69. The molecule has 0 saturated carbocycles. The Bertz CT molecular complexity index is 327. The molecule has 1 rings (SSSR count). The number of nitrogens with one attached hydrogen (secondary N) is 1.